The Hall–Kier alpha value is -1.28. The number of aryl methyl sites for hydroxylation is 1. The molecule has 0 spiro atoms. The average molecular weight is 286 g/mol. The minimum Gasteiger partial charge on any atom is -0.458 e. The number of furan rings is 1. The van der Waals surface area contributed by atoms with E-state index in [9.17, 15) is 5.11 Å². The van der Waals surface area contributed by atoms with Crippen LogP contribution in [0.2, 0.25) is 0 Å². The van der Waals surface area contributed by atoms with Gasteiger partial charge in [-0.2, -0.15) is 0 Å². The second kappa shape index (κ2) is 5.49. The van der Waals surface area contributed by atoms with Gasteiger partial charge in [-0.15, -0.1) is 0 Å². The summed E-state index contributed by atoms with van der Waals surface area (Å²) in [5.74, 6) is 2.19. The summed E-state index contributed by atoms with van der Waals surface area (Å²) >= 11 is 0. The first kappa shape index (κ1) is 14.6. The zero-order valence-corrected chi connectivity index (χ0v) is 13.4. The standard InChI is InChI=1S/C19H26O2/c1-13(2)15-8-5-10-19(20,11-9-15)17-12-16-7-4-6-14(3)18(16)21-17/h4,6-7,12-13,15,20H,5,8-11H2,1-3H3. The van der Waals surface area contributed by atoms with E-state index >= 15 is 0 Å². The maximum atomic E-state index is 11.1. The maximum absolute atomic E-state index is 11.1. The van der Waals surface area contributed by atoms with Crippen LogP contribution in [0.1, 0.15) is 57.3 Å². The monoisotopic (exact) mass is 286 g/mol. The molecular weight excluding hydrogens is 260 g/mol. The highest BCUT2D eigenvalue weighted by atomic mass is 16.4. The molecule has 0 amide bonds. The molecular formula is C19H26O2. The van der Waals surface area contributed by atoms with Crippen molar-refractivity contribution in [2.45, 2.75) is 58.5 Å². The molecule has 1 N–H and O–H groups in total. The SMILES string of the molecule is Cc1cccc2cc(C3(O)CCCC(C(C)C)CC3)oc12. The average Bonchev–Trinajstić information content (AvgIpc) is 2.78. The van der Waals surface area contributed by atoms with Crippen LogP contribution in [-0.4, -0.2) is 5.11 Å². The van der Waals surface area contributed by atoms with Crippen molar-refractivity contribution >= 4 is 11.0 Å². The number of para-hydroxylation sites is 1. The second-order valence-corrected chi connectivity index (χ2v) is 7.07. The van der Waals surface area contributed by atoms with Gasteiger partial charge in [-0.3, -0.25) is 0 Å². The zero-order chi connectivity index (χ0) is 15.0. The van der Waals surface area contributed by atoms with Crippen LogP contribution < -0.4 is 0 Å². The highest BCUT2D eigenvalue weighted by Gasteiger charge is 2.36. The van der Waals surface area contributed by atoms with Gasteiger partial charge in [0.2, 0.25) is 0 Å². The Balaban J connectivity index is 1.91. The third-order valence-corrected chi connectivity index (χ3v) is 5.24. The van der Waals surface area contributed by atoms with Gasteiger partial charge in [0, 0.05) is 5.39 Å². The van der Waals surface area contributed by atoms with E-state index in [2.05, 4.69) is 32.9 Å². The number of hydrogen-bond donors (Lipinski definition) is 1. The van der Waals surface area contributed by atoms with Crippen LogP contribution in [0.5, 0.6) is 0 Å². The molecule has 0 bridgehead atoms. The van der Waals surface area contributed by atoms with Crippen LogP contribution in [-0.2, 0) is 5.60 Å². The van der Waals surface area contributed by atoms with Crippen LogP contribution in [0.3, 0.4) is 0 Å². The maximum Gasteiger partial charge on any atom is 0.137 e. The van der Waals surface area contributed by atoms with Gasteiger partial charge in [0.15, 0.2) is 0 Å². The second-order valence-electron chi connectivity index (χ2n) is 7.07. The van der Waals surface area contributed by atoms with Crippen LogP contribution in [0.4, 0.5) is 0 Å². The fraction of sp³-hybridized carbons (Fsp3) is 0.579. The highest BCUT2D eigenvalue weighted by molar-refractivity contribution is 5.81. The van der Waals surface area contributed by atoms with Crippen molar-refractivity contribution in [1.29, 1.82) is 0 Å². The lowest BCUT2D eigenvalue weighted by Crippen LogP contribution is -2.24. The Morgan fingerprint density at radius 1 is 1.24 bits per heavy atom. The summed E-state index contributed by atoms with van der Waals surface area (Å²) in [5, 5.41) is 12.2. The van der Waals surface area contributed by atoms with Crippen LogP contribution in [0.25, 0.3) is 11.0 Å². The van der Waals surface area contributed by atoms with Crippen molar-refractivity contribution in [3.05, 3.63) is 35.6 Å². The van der Waals surface area contributed by atoms with Crippen molar-refractivity contribution in [1.82, 2.24) is 0 Å². The molecule has 1 aliphatic carbocycles. The van der Waals surface area contributed by atoms with E-state index in [0.29, 0.717) is 5.92 Å². The topological polar surface area (TPSA) is 33.4 Å². The summed E-state index contributed by atoms with van der Waals surface area (Å²) < 4.78 is 6.04. The van der Waals surface area contributed by atoms with Crippen LogP contribution in [0.15, 0.2) is 28.7 Å². The van der Waals surface area contributed by atoms with Gasteiger partial charge in [-0.25, -0.2) is 0 Å². The predicted octanol–water partition coefficient (Wildman–Crippen LogP) is 5.17. The van der Waals surface area contributed by atoms with E-state index < -0.39 is 5.60 Å². The van der Waals surface area contributed by atoms with Crippen LogP contribution in [0, 0.1) is 18.8 Å². The molecule has 1 saturated carbocycles. The summed E-state index contributed by atoms with van der Waals surface area (Å²) in [6, 6.07) is 8.20. The Bertz CT molecular complexity index is 626. The largest absolute Gasteiger partial charge is 0.458 e. The molecule has 1 heterocycles. The van der Waals surface area contributed by atoms with E-state index in [0.717, 1.165) is 53.9 Å². The summed E-state index contributed by atoms with van der Waals surface area (Å²) in [6.45, 7) is 6.64. The normalized spacial score (nSPS) is 27.2. The molecule has 1 aliphatic rings. The number of hydrogen-bond acceptors (Lipinski definition) is 2. The number of aliphatic hydroxyl groups is 1. The van der Waals surface area contributed by atoms with Gasteiger partial charge in [0.05, 0.1) is 0 Å². The number of rotatable bonds is 2. The third kappa shape index (κ3) is 2.74. The Morgan fingerprint density at radius 3 is 2.76 bits per heavy atom. The number of fused-ring (bicyclic) bond motifs is 1. The molecule has 2 aromatic rings. The van der Waals surface area contributed by atoms with Gasteiger partial charge >= 0.3 is 0 Å². The van der Waals surface area contributed by atoms with Gasteiger partial charge in [-0.05, 0) is 56.1 Å². The van der Waals surface area contributed by atoms with Gasteiger partial charge in [0.1, 0.15) is 16.9 Å². The van der Waals surface area contributed by atoms with Crippen molar-refractivity contribution < 1.29 is 9.52 Å². The van der Waals surface area contributed by atoms with Gasteiger partial charge in [-0.1, -0.05) is 38.5 Å². The summed E-state index contributed by atoms with van der Waals surface area (Å²) in [7, 11) is 0. The van der Waals surface area contributed by atoms with E-state index in [4.69, 9.17) is 4.42 Å². The summed E-state index contributed by atoms with van der Waals surface area (Å²) in [5.41, 5.74) is 1.27. The van der Waals surface area contributed by atoms with Crippen molar-refractivity contribution in [2.24, 2.45) is 11.8 Å². The lowest BCUT2D eigenvalue weighted by Gasteiger charge is -2.24. The van der Waals surface area contributed by atoms with Gasteiger partial charge < -0.3 is 9.52 Å². The molecule has 114 valence electrons. The molecule has 0 radical (unpaired) electrons. The van der Waals surface area contributed by atoms with E-state index in [1.54, 1.807) is 0 Å². The van der Waals surface area contributed by atoms with E-state index in [-0.39, 0.29) is 0 Å². The molecule has 2 nitrogen and oxygen atoms in total. The number of benzene rings is 1. The summed E-state index contributed by atoms with van der Waals surface area (Å²) in [6.07, 6.45) is 5.02. The minimum absolute atomic E-state index is 0.699. The van der Waals surface area contributed by atoms with E-state index in [1.807, 2.05) is 12.1 Å². The Morgan fingerprint density at radius 2 is 2.05 bits per heavy atom. The fourth-order valence-electron chi connectivity index (χ4n) is 3.70. The first-order valence-corrected chi connectivity index (χ1v) is 8.21. The smallest absolute Gasteiger partial charge is 0.137 e. The lowest BCUT2D eigenvalue weighted by molar-refractivity contribution is -0.000296. The molecule has 0 aliphatic heterocycles. The fourth-order valence-corrected chi connectivity index (χ4v) is 3.70. The molecule has 21 heavy (non-hydrogen) atoms. The first-order valence-electron chi connectivity index (χ1n) is 8.21. The Labute approximate surface area is 127 Å². The molecule has 3 rings (SSSR count). The molecule has 1 aromatic heterocycles. The predicted molar refractivity (Wildman–Crippen MR) is 86.3 cm³/mol. The van der Waals surface area contributed by atoms with E-state index in [1.165, 1.54) is 6.42 Å². The highest BCUT2D eigenvalue weighted by Crippen LogP contribution is 2.41. The molecule has 1 fully saturated rings. The van der Waals surface area contributed by atoms with Crippen molar-refractivity contribution in [3.63, 3.8) is 0 Å². The lowest BCUT2D eigenvalue weighted by atomic mass is 9.87. The molecule has 2 unspecified atom stereocenters. The molecule has 2 atom stereocenters. The van der Waals surface area contributed by atoms with Crippen molar-refractivity contribution in [2.75, 3.05) is 0 Å². The van der Waals surface area contributed by atoms with Crippen LogP contribution >= 0.6 is 0 Å². The third-order valence-electron chi connectivity index (χ3n) is 5.24. The van der Waals surface area contributed by atoms with Gasteiger partial charge in [0.25, 0.3) is 0 Å². The minimum atomic E-state index is -0.783. The molecule has 0 saturated heterocycles. The quantitative estimate of drug-likeness (QED) is 0.773. The Kier molecular flexibility index (Phi) is 3.83. The first-order chi connectivity index (χ1) is 9.99. The molecule has 1 aromatic carbocycles. The molecule has 2 heteroatoms. The van der Waals surface area contributed by atoms with Crippen molar-refractivity contribution in [3.8, 4) is 0 Å². The summed E-state index contributed by atoms with van der Waals surface area (Å²) in [4.78, 5) is 0. The zero-order valence-electron chi connectivity index (χ0n) is 13.4.